The third-order valence-corrected chi connectivity index (χ3v) is 6.87. The molecule has 31 heavy (non-hydrogen) atoms. The van der Waals surface area contributed by atoms with Crippen LogP contribution in [0.2, 0.25) is 0 Å². The van der Waals surface area contributed by atoms with E-state index in [9.17, 15) is 4.79 Å². The fourth-order valence-corrected chi connectivity index (χ4v) is 4.80. The number of carbonyl (C=O) groups excluding carboxylic acids is 1. The summed E-state index contributed by atoms with van der Waals surface area (Å²) in [6.07, 6.45) is 3.71. The first-order valence-electron chi connectivity index (χ1n) is 10.7. The second kappa shape index (κ2) is 9.01. The van der Waals surface area contributed by atoms with E-state index in [0.717, 1.165) is 41.0 Å². The highest BCUT2D eigenvalue weighted by molar-refractivity contribution is 7.13. The summed E-state index contributed by atoms with van der Waals surface area (Å²) in [4.78, 5) is 15.6. The zero-order valence-corrected chi connectivity index (χ0v) is 18.9. The van der Waals surface area contributed by atoms with Crippen LogP contribution in [0.15, 0.2) is 36.4 Å². The van der Waals surface area contributed by atoms with Crippen molar-refractivity contribution in [2.45, 2.75) is 52.0 Å². The predicted octanol–water partition coefficient (Wildman–Crippen LogP) is 4.35. The summed E-state index contributed by atoms with van der Waals surface area (Å²) in [5.74, 6) is 0.970. The van der Waals surface area contributed by atoms with Gasteiger partial charge < -0.3 is 10.1 Å². The number of ether oxygens (including phenoxy) is 1. The number of benzene rings is 1. The van der Waals surface area contributed by atoms with Crippen LogP contribution in [0.5, 0.6) is 5.75 Å². The molecule has 8 heteroatoms. The number of nitrogens with zero attached hydrogens (tertiary/aromatic N) is 3. The van der Waals surface area contributed by atoms with Crippen molar-refractivity contribution in [3.8, 4) is 5.75 Å². The summed E-state index contributed by atoms with van der Waals surface area (Å²) in [7, 11) is 0. The Labute approximate surface area is 185 Å². The second-order valence-corrected chi connectivity index (χ2v) is 9.07. The van der Waals surface area contributed by atoms with Crippen LogP contribution in [0, 0.1) is 0 Å². The maximum Gasteiger partial charge on any atom is 0.256 e. The standard InChI is InChI=1S/C23H27N5O2S/c1-4-6-13-30-16-9-7-15(8-10-16)23(3)14-18(19-12-11-17(5-2)31-19)20(22(29)24-23)21-25-27-28-26-21/h7-12H,4-6,13-14H2,1-3H3,(H,24,29)(H,25,26,27,28)/t23-/m0/s1. The van der Waals surface area contributed by atoms with Crippen LogP contribution in [0.4, 0.5) is 0 Å². The molecule has 1 aromatic carbocycles. The van der Waals surface area contributed by atoms with Crippen molar-refractivity contribution in [3.63, 3.8) is 0 Å². The van der Waals surface area contributed by atoms with Crippen molar-refractivity contribution in [3.05, 3.63) is 57.5 Å². The van der Waals surface area contributed by atoms with Gasteiger partial charge in [-0.25, -0.2) is 0 Å². The Kier molecular flexibility index (Phi) is 6.18. The third kappa shape index (κ3) is 4.39. The van der Waals surface area contributed by atoms with Gasteiger partial charge in [0.25, 0.3) is 5.91 Å². The van der Waals surface area contributed by atoms with E-state index in [-0.39, 0.29) is 5.91 Å². The molecule has 1 atom stereocenters. The lowest BCUT2D eigenvalue weighted by Gasteiger charge is -2.37. The fraction of sp³-hybridized carbons (Fsp3) is 0.391. The Bertz CT molecular complexity index is 1070. The summed E-state index contributed by atoms with van der Waals surface area (Å²) in [6, 6.07) is 12.2. The van der Waals surface area contributed by atoms with E-state index in [1.54, 1.807) is 11.3 Å². The number of rotatable bonds is 8. The summed E-state index contributed by atoms with van der Waals surface area (Å²) in [6.45, 7) is 7.04. The number of carbonyl (C=O) groups is 1. The number of aryl methyl sites for hydroxylation is 1. The van der Waals surface area contributed by atoms with Crippen molar-refractivity contribution in [1.29, 1.82) is 0 Å². The second-order valence-electron chi connectivity index (χ2n) is 7.90. The van der Waals surface area contributed by atoms with Crippen LogP contribution in [-0.4, -0.2) is 33.1 Å². The Balaban J connectivity index is 1.69. The number of amides is 1. The lowest BCUT2D eigenvalue weighted by Crippen LogP contribution is -2.47. The minimum Gasteiger partial charge on any atom is -0.494 e. The topological polar surface area (TPSA) is 92.8 Å². The van der Waals surface area contributed by atoms with Gasteiger partial charge in [0.2, 0.25) is 5.82 Å². The summed E-state index contributed by atoms with van der Waals surface area (Å²) in [5.41, 5.74) is 1.90. The number of H-pyrrole nitrogens is 1. The molecule has 1 amide bonds. The van der Waals surface area contributed by atoms with Gasteiger partial charge in [0.05, 0.1) is 17.7 Å². The molecule has 1 aliphatic heterocycles. The van der Waals surface area contributed by atoms with Gasteiger partial charge in [-0.15, -0.1) is 21.5 Å². The van der Waals surface area contributed by atoms with E-state index in [2.05, 4.69) is 58.8 Å². The molecule has 1 aliphatic rings. The molecule has 0 saturated heterocycles. The van der Waals surface area contributed by atoms with Crippen LogP contribution >= 0.6 is 11.3 Å². The third-order valence-electron chi connectivity index (χ3n) is 5.58. The van der Waals surface area contributed by atoms with Gasteiger partial charge in [0.1, 0.15) is 5.75 Å². The summed E-state index contributed by atoms with van der Waals surface area (Å²) >= 11 is 1.71. The Morgan fingerprint density at radius 3 is 2.61 bits per heavy atom. The molecule has 2 N–H and O–H groups in total. The average molecular weight is 438 g/mol. The number of hydrogen-bond donors (Lipinski definition) is 2. The molecule has 0 fully saturated rings. The number of aromatic nitrogens is 4. The highest BCUT2D eigenvalue weighted by Gasteiger charge is 2.39. The zero-order chi connectivity index (χ0) is 21.8. The summed E-state index contributed by atoms with van der Waals surface area (Å²) < 4.78 is 5.79. The Morgan fingerprint density at radius 2 is 1.97 bits per heavy atom. The molecule has 3 aromatic rings. The van der Waals surface area contributed by atoms with Gasteiger partial charge in [-0.05, 0) is 60.4 Å². The van der Waals surface area contributed by atoms with Crippen LogP contribution < -0.4 is 10.1 Å². The normalized spacial score (nSPS) is 18.9. The van der Waals surface area contributed by atoms with Crippen LogP contribution in [0.3, 0.4) is 0 Å². The quantitative estimate of drug-likeness (QED) is 0.511. The zero-order valence-electron chi connectivity index (χ0n) is 18.1. The first-order chi connectivity index (χ1) is 15.0. The predicted molar refractivity (Wildman–Crippen MR) is 122 cm³/mol. The first-order valence-corrected chi connectivity index (χ1v) is 11.5. The first kappa shape index (κ1) is 21.2. The van der Waals surface area contributed by atoms with E-state index in [1.165, 1.54) is 4.88 Å². The largest absolute Gasteiger partial charge is 0.494 e. The van der Waals surface area contributed by atoms with Gasteiger partial charge in [-0.2, -0.15) is 5.21 Å². The SMILES string of the molecule is CCCCOc1ccc([C@]2(C)CC(c3ccc(CC)s3)=C(c3nn[nH]n3)C(=O)N2)cc1. The molecular weight excluding hydrogens is 410 g/mol. The van der Waals surface area contributed by atoms with E-state index in [4.69, 9.17) is 4.74 Å². The molecule has 0 radical (unpaired) electrons. The number of aromatic amines is 1. The molecule has 0 saturated carbocycles. The molecule has 0 unspecified atom stereocenters. The molecule has 4 rings (SSSR count). The van der Waals surface area contributed by atoms with Gasteiger partial charge in [-0.3, -0.25) is 4.79 Å². The fourth-order valence-electron chi connectivity index (χ4n) is 3.81. The van der Waals surface area contributed by atoms with Crippen molar-refractivity contribution in [2.75, 3.05) is 6.61 Å². The summed E-state index contributed by atoms with van der Waals surface area (Å²) in [5, 5.41) is 17.5. The lowest BCUT2D eigenvalue weighted by molar-refractivity contribution is -0.117. The molecule has 2 aromatic heterocycles. The van der Waals surface area contributed by atoms with Crippen LogP contribution in [0.25, 0.3) is 11.1 Å². The van der Waals surface area contributed by atoms with Gasteiger partial charge in [0.15, 0.2) is 0 Å². The van der Waals surface area contributed by atoms with Crippen molar-refractivity contribution in [1.82, 2.24) is 25.9 Å². The number of tetrazole rings is 1. The van der Waals surface area contributed by atoms with Gasteiger partial charge >= 0.3 is 0 Å². The molecule has 162 valence electrons. The monoisotopic (exact) mass is 437 g/mol. The van der Waals surface area contributed by atoms with E-state index >= 15 is 0 Å². The molecule has 0 spiro atoms. The maximum atomic E-state index is 13.3. The van der Waals surface area contributed by atoms with Crippen molar-refractivity contribution < 1.29 is 9.53 Å². The van der Waals surface area contributed by atoms with Crippen molar-refractivity contribution in [2.24, 2.45) is 0 Å². The Hall–Kier alpha value is -3.00. The number of nitrogens with one attached hydrogen (secondary N) is 2. The maximum absolute atomic E-state index is 13.3. The number of unbranched alkanes of at least 4 members (excludes halogenated alkanes) is 1. The number of hydrogen-bond acceptors (Lipinski definition) is 6. The van der Waals surface area contributed by atoms with Crippen LogP contribution in [-0.2, 0) is 16.8 Å². The van der Waals surface area contributed by atoms with Crippen molar-refractivity contribution >= 4 is 28.4 Å². The number of thiophene rings is 1. The lowest BCUT2D eigenvalue weighted by atomic mass is 9.80. The minimum absolute atomic E-state index is 0.195. The van der Waals surface area contributed by atoms with Crippen LogP contribution in [0.1, 0.15) is 61.2 Å². The molecule has 0 bridgehead atoms. The average Bonchev–Trinajstić information content (AvgIpc) is 3.46. The molecule has 3 heterocycles. The van der Waals surface area contributed by atoms with Gasteiger partial charge in [-0.1, -0.05) is 32.4 Å². The molecule has 0 aliphatic carbocycles. The smallest absolute Gasteiger partial charge is 0.256 e. The van der Waals surface area contributed by atoms with Gasteiger partial charge in [0, 0.05) is 16.2 Å². The highest BCUT2D eigenvalue weighted by atomic mass is 32.1. The van der Waals surface area contributed by atoms with E-state index in [0.29, 0.717) is 24.4 Å². The highest BCUT2D eigenvalue weighted by Crippen LogP contribution is 2.43. The molecule has 7 nitrogen and oxygen atoms in total. The van der Waals surface area contributed by atoms with E-state index in [1.807, 2.05) is 24.3 Å². The minimum atomic E-state index is -0.558. The van der Waals surface area contributed by atoms with E-state index < -0.39 is 5.54 Å². The molecular formula is C23H27N5O2S. The Morgan fingerprint density at radius 1 is 1.16 bits per heavy atom.